The Bertz CT molecular complexity index is 715. The quantitative estimate of drug-likeness (QED) is 0.719. The van der Waals surface area contributed by atoms with Crippen molar-refractivity contribution < 1.29 is 23.4 Å². The fourth-order valence-corrected chi connectivity index (χ4v) is 2.81. The number of nitrogens with one attached hydrogen (secondary N) is 1. The van der Waals surface area contributed by atoms with Crippen molar-refractivity contribution in [1.82, 2.24) is 5.32 Å². The minimum atomic E-state index is -1.71. The molecule has 0 aliphatic carbocycles. The molecule has 0 unspecified atom stereocenters. The fraction of sp³-hybridized carbons (Fsp3) is 0.278. The summed E-state index contributed by atoms with van der Waals surface area (Å²) in [5.41, 5.74) is -1.01. The minimum absolute atomic E-state index is 0.00483. The Labute approximate surface area is 152 Å². The lowest BCUT2D eigenvalue weighted by atomic mass is 9.87. The van der Waals surface area contributed by atoms with Crippen molar-refractivity contribution in [2.24, 2.45) is 0 Å². The number of alkyl halides is 1. The molecule has 2 aromatic rings. The number of rotatable bonds is 7. The summed E-state index contributed by atoms with van der Waals surface area (Å²) in [5, 5.41) is 11.7. The van der Waals surface area contributed by atoms with Gasteiger partial charge >= 0.3 is 6.09 Å². The second-order valence-corrected chi connectivity index (χ2v) is 6.42. The third-order valence-electron chi connectivity index (χ3n) is 3.76. The first-order chi connectivity index (χ1) is 12.0. The summed E-state index contributed by atoms with van der Waals surface area (Å²) >= 11 is 3.20. The van der Waals surface area contributed by atoms with E-state index in [4.69, 9.17) is 4.74 Å². The van der Waals surface area contributed by atoms with Gasteiger partial charge in [-0.2, -0.15) is 0 Å². The van der Waals surface area contributed by atoms with Gasteiger partial charge in [0.05, 0.1) is 0 Å². The van der Waals surface area contributed by atoms with Gasteiger partial charge in [0.25, 0.3) is 0 Å². The summed E-state index contributed by atoms with van der Waals surface area (Å²) in [6.45, 7) is -1.54. The molecule has 0 spiro atoms. The van der Waals surface area contributed by atoms with Crippen LogP contribution in [0.15, 0.2) is 53.0 Å². The number of ether oxygens (including phenoxy) is 1. The molecule has 1 amide bonds. The molecule has 25 heavy (non-hydrogen) atoms. The molecule has 0 saturated carbocycles. The van der Waals surface area contributed by atoms with Crippen LogP contribution in [-0.2, 0) is 16.9 Å². The van der Waals surface area contributed by atoms with Crippen LogP contribution >= 0.6 is 15.9 Å². The van der Waals surface area contributed by atoms with Gasteiger partial charge in [-0.3, -0.25) is 0 Å². The van der Waals surface area contributed by atoms with Gasteiger partial charge in [0.1, 0.15) is 24.6 Å². The molecule has 0 aliphatic rings. The molecule has 0 aromatic heterocycles. The standard InChI is InChI=1S/C18H18BrF2NO3/c19-14-6-7-16(21)15(10-14)18(12-20,8-9-23)22-17(24)25-11-13-4-2-1-3-5-13/h1-7,10,23H,8-9,11-12H2,(H,22,24)/t18-/m1/s1. The van der Waals surface area contributed by atoms with Crippen LogP contribution in [-0.4, -0.2) is 24.5 Å². The normalized spacial score (nSPS) is 13.1. The van der Waals surface area contributed by atoms with Gasteiger partial charge in [0, 0.05) is 23.1 Å². The van der Waals surface area contributed by atoms with Crippen LogP contribution in [0.2, 0.25) is 0 Å². The average molecular weight is 414 g/mol. The van der Waals surface area contributed by atoms with Gasteiger partial charge in [-0.1, -0.05) is 46.3 Å². The molecule has 0 heterocycles. The number of carbonyl (C=O) groups excluding carboxylic acids is 1. The van der Waals surface area contributed by atoms with Crippen molar-refractivity contribution in [3.63, 3.8) is 0 Å². The van der Waals surface area contributed by atoms with Crippen molar-refractivity contribution >= 4 is 22.0 Å². The number of aliphatic hydroxyl groups is 1. The van der Waals surface area contributed by atoms with E-state index in [0.29, 0.717) is 4.47 Å². The largest absolute Gasteiger partial charge is 0.445 e. The lowest BCUT2D eigenvalue weighted by molar-refractivity contribution is 0.109. The Morgan fingerprint density at radius 3 is 2.60 bits per heavy atom. The van der Waals surface area contributed by atoms with Crippen molar-refractivity contribution in [2.45, 2.75) is 18.6 Å². The number of halogens is 3. The lowest BCUT2D eigenvalue weighted by Crippen LogP contribution is -2.49. The number of hydrogen-bond donors (Lipinski definition) is 2. The Balaban J connectivity index is 2.19. The van der Waals surface area contributed by atoms with Crippen LogP contribution in [0.5, 0.6) is 0 Å². The monoisotopic (exact) mass is 413 g/mol. The molecule has 0 fully saturated rings. The van der Waals surface area contributed by atoms with Crippen LogP contribution in [0.3, 0.4) is 0 Å². The summed E-state index contributed by atoms with van der Waals surface area (Å²) in [7, 11) is 0. The third-order valence-corrected chi connectivity index (χ3v) is 4.26. The van der Waals surface area contributed by atoms with Gasteiger partial charge in [-0.25, -0.2) is 13.6 Å². The molecular weight excluding hydrogens is 396 g/mol. The number of benzene rings is 2. The molecule has 0 aliphatic heterocycles. The zero-order valence-corrected chi connectivity index (χ0v) is 14.9. The van der Waals surface area contributed by atoms with Gasteiger partial charge < -0.3 is 15.2 Å². The Kier molecular flexibility index (Phi) is 6.90. The topological polar surface area (TPSA) is 58.6 Å². The highest BCUT2D eigenvalue weighted by Gasteiger charge is 2.37. The van der Waals surface area contributed by atoms with Crippen LogP contribution in [0.4, 0.5) is 13.6 Å². The first-order valence-electron chi connectivity index (χ1n) is 7.62. The van der Waals surface area contributed by atoms with E-state index in [-0.39, 0.29) is 18.6 Å². The van der Waals surface area contributed by atoms with Crippen molar-refractivity contribution in [2.75, 3.05) is 13.3 Å². The van der Waals surface area contributed by atoms with Crippen molar-refractivity contribution in [1.29, 1.82) is 0 Å². The molecule has 134 valence electrons. The minimum Gasteiger partial charge on any atom is -0.445 e. The van der Waals surface area contributed by atoms with E-state index >= 15 is 0 Å². The van der Waals surface area contributed by atoms with Crippen molar-refractivity contribution in [3.05, 3.63) is 69.9 Å². The fourth-order valence-electron chi connectivity index (χ4n) is 2.45. The summed E-state index contributed by atoms with van der Waals surface area (Å²) < 4.78 is 33.7. The number of carbonyl (C=O) groups is 1. The van der Waals surface area contributed by atoms with E-state index in [0.717, 1.165) is 11.6 Å². The maximum Gasteiger partial charge on any atom is 0.408 e. The molecule has 7 heteroatoms. The Morgan fingerprint density at radius 1 is 1.24 bits per heavy atom. The van der Waals surface area contributed by atoms with E-state index in [1.54, 1.807) is 24.3 Å². The third kappa shape index (κ3) is 4.99. The zero-order valence-electron chi connectivity index (χ0n) is 13.3. The smallest absolute Gasteiger partial charge is 0.408 e. The van der Waals surface area contributed by atoms with E-state index in [1.165, 1.54) is 12.1 Å². The average Bonchev–Trinajstić information content (AvgIpc) is 2.62. The number of amides is 1. The SMILES string of the molecule is O=C(N[C@@](CF)(CCO)c1cc(Br)ccc1F)OCc1ccccc1. The first kappa shape index (κ1) is 19.3. The van der Waals surface area contributed by atoms with E-state index in [9.17, 15) is 18.7 Å². The number of hydrogen-bond acceptors (Lipinski definition) is 3. The van der Waals surface area contributed by atoms with Gasteiger partial charge in [0.15, 0.2) is 0 Å². The summed E-state index contributed by atoms with van der Waals surface area (Å²) in [4.78, 5) is 12.1. The van der Waals surface area contributed by atoms with Crippen LogP contribution in [0.1, 0.15) is 17.5 Å². The molecule has 2 N–H and O–H groups in total. The van der Waals surface area contributed by atoms with Crippen LogP contribution in [0, 0.1) is 5.82 Å². The lowest BCUT2D eigenvalue weighted by Gasteiger charge is -2.32. The molecule has 0 radical (unpaired) electrons. The number of alkyl carbamates (subject to hydrolysis) is 1. The van der Waals surface area contributed by atoms with Crippen molar-refractivity contribution in [3.8, 4) is 0 Å². The highest BCUT2D eigenvalue weighted by Crippen LogP contribution is 2.30. The summed E-state index contributed by atoms with van der Waals surface area (Å²) in [6.07, 6.45) is -1.09. The molecule has 0 bridgehead atoms. The number of aliphatic hydroxyl groups excluding tert-OH is 1. The van der Waals surface area contributed by atoms with Gasteiger partial charge in [0.2, 0.25) is 0 Å². The second kappa shape index (κ2) is 8.92. The van der Waals surface area contributed by atoms with Gasteiger partial charge in [-0.05, 0) is 23.8 Å². The molecule has 1 atom stereocenters. The Hall–Kier alpha value is -1.99. The maximum absolute atomic E-state index is 14.2. The zero-order chi connectivity index (χ0) is 18.3. The Morgan fingerprint density at radius 2 is 1.96 bits per heavy atom. The van der Waals surface area contributed by atoms with E-state index in [2.05, 4.69) is 21.2 Å². The molecular formula is C18H18BrF2NO3. The van der Waals surface area contributed by atoms with E-state index in [1.807, 2.05) is 6.07 Å². The molecule has 0 saturated heterocycles. The summed E-state index contributed by atoms with van der Waals surface area (Å²) in [5.74, 6) is -0.683. The predicted molar refractivity (Wildman–Crippen MR) is 93.2 cm³/mol. The van der Waals surface area contributed by atoms with Crippen LogP contribution in [0.25, 0.3) is 0 Å². The first-order valence-corrected chi connectivity index (χ1v) is 8.41. The molecule has 2 aromatic carbocycles. The second-order valence-electron chi connectivity index (χ2n) is 5.50. The highest BCUT2D eigenvalue weighted by molar-refractivity contribution is 9.10. The summed E-state index contributed by atoms with van der Waals surface area (Å²) in [6, 6.07) is 13.0. The van der Waals surface area contributed by atoms with Crippen LogP contribution < -0.4 is 5.32 Å². The molecule has 4 nitrogen and oxygen atoms in total. The predicted octanol–water partition coefficient (Wildman–Crippen LogP) is 4.06. The van der Waals surface area contributed by atoms with Gasteiger partial charge in [-0.15, -0.1) is 0 Å². The maximum atomic E-state index is 14.2. The molecule has 2 rings (SSSR count). The highest BCUT2D eigenvalue weighted by atomic mass is 79.9. The van der Waals surface area contributed by atoms with E-state index < -0.39 is 30.7 Å².